The highest BCUT2D eigenvalue weighted by Crippen LogP contribution is 2.28. The van der Waals surface area contributed by atoms with Gasteiger partial charge in [0.1, 0.15) is 6.10 Å². The van der Waals surface area contributed by atoms with Crippen LogP contribution in [0.3, 0.4) is 0 Å². The van der Waals surface area contributed by atoms with Gasteiger partial charge in [0.2, 0.25) is 5.82 Å². The average molecular weight is 184 g/mol. The van der Waals surface area contributed by atoms with Crippen molar-refractivity contribution in [3.05, 3.63) is 5.82 Å². The first-order valence-corrected chi connectivity index (χ1v) is 4.41. The third kappa shape index (κ3) is 1.68. The smallest absolute Gasteiger partial charge is 0.203 e. The molecule has 0 aromatic carbocycles. The Kier molecular flexibility index (Phi) is 2.24. The molecule has 0 aliphatic carbocycles. The summed E-state index contributed by atoms with van der Waals surface area (Å²) < 4.78 is 5.18. The maximum atomic E-state index is 9.12. The lowest BCUT2D eigenvalue weighted by molar-refractivity contribution is -0.0935. The Morgan fingerprint density at radius 2 is 2.46 bits per heavy atom. The molecule has 1 fully saturated rings. The largest absolute Gasteiger partial charge is 0.368 e. The highest BCUT2D eigenvalue weighted by molar-refractivity contribution is 4.88. The molecule has 0 unspecified atom stereocenters. The first kappa shape index (κ1) is 8.58. The van der Waals surface area contributed by atoms with Crippen molar-refractivity contribution in [3.8, 4) is 0 Å². The van der Waals surface area contributed by atoms with E-state index < -0.39 is 6.29 Å². The Morgan fingerprint density at radius 1 is 1.62 bits per heavy atom. The summed E-state index contributed by atoms with van der Waals surface area (Å²) in [5, 5.41) is 20.9. The van der Waals surface area contributed by atoms with Crippen molar-refractivity contribution in [2.45, 2.75) is 38.7 Å². The van der Waals surface area contributed by atoms with Gasteiger partial charge < -0.3 is 9.84 Å². The summed E-state index contributed by atoms with van der Waals surface area (Å²) in [6.07, 6.45) is 0.552. The Bertz CT molecular complexity index is 288. The zero-order valence-electron chi connectivity index (χ0n) is 7.42. The summed E-state index contributed by atoms with van der Waals surface area (Å²) in [4.78, 5) is 1.50. The summed E-state index contributed by atoms with van der Waals surface area (Å²) in [6, 6.07) is 0. The standard InChI is InChI=1S/C7H12N4O2/c1-2-11-9-7(8-10-11)5-3-4-6(12)13-5/h5-6,12H,2-4H2,1H3/t5-,6+/m0/s1. The fourth-order valence-corrected chi connectivity index (χ4v) is 1.33. The van der Waals surface area contributed by atoms with Crippen molar-refractivity contribution in [2.75, 3.05) is 0 Å². The van der Waals surface area contributed by atoms with Crippen LogP contribution in [0.5, 0.6) is 0 Å². The monoisotopic (exact) mass is 184 g/mol. The molecule has 0 amide bonds. The second-order valence-electron chi connectivity index (χ2n) is 2.99. The molecular weight excluding hydrogens is 172 g/mol. The number of hydrogen-bond acceptors (Lipinski definition) is 5. The molecule has 1 aliphatic rings. The molecule has 6 heteroatoms. The number of tetrazole rings is 1. The van der Waals surface area contributed by atoms with E-state index in [9.17, 15) is 0 Å². The zero-order chi connectivity index (χ0) is 9.26. The number of aryl methyl sites for hydroxylation is 1. The van der Waals surface area contributed by atoms with Gasteiger partial charge in [0.25, 0.3) is 0 Å². The number of aliphatic hydroxyl groups excluding tert-OH is 1. The number of nitrogens with zero attached hydrogens (tertiary/aromatic N) is 4. The van der Waals surface area contributed by atoms with Crippen LogP contribution in [0.25, 0.3) is 0 Å². The van der Waals surface area contributed by atoms with E-state index in [-0.39, 0.29) is 6.10 Å². The second kappa shape index (κ2) is 3.39. The Labute approximate surface area is 75.5 Å². The van der Waals surface area contributed by atoms with E-state index in [1.54, 1.807) is 0 Å². The summed E-state index contributed by atoms with van der Waals surface area (Å²) in [6.45, 7) is 2.64. The fraction of sp³-hybridized carbons (Fsp3) is 0.857. The quantitative estimate of drug-likeness (QED) is 0.692. The maximum absolute atomic E-state index is 9.12. The van der Waals surface area contributed by atoms with Crippen molar-refractivity contribution in [1.29, 1.82) is 0 Å². The minimum atomic E-state index is -0.668. The van der Waals surface area contributed by atoms with Gasteiger partial charge in [0.15, 0.2) is 6.29 Å². The molecule has 13 heavy (non-hydrogen) atoms. The summed E-state index contributed by atoms with van der Waals surface area (Å²) in [5.74, 6) is 0.568. The Hall–Kier alpha value is -1.01. The molecule has 1 aliphatic heterocycles. The van der Waals surface area contributed by atoms with Gasteiger partial charge in [-0.25, -0.2) is 0 Å². The topological polar surface area (TPSA) is 73.1 Å². The van der Waals surface area contributed by atoms with Crippen molar-refractivity contribution < 1.29 is 9.84 Å². The average Bonchev–Trinajstić information content (AvgIpc) is 2.71. The molecular formula is C7H12N4O2. The van der Waals surface area contributed by atoms with E-state index in [1.807, 2.05) is 6.92 Å². The molecule has 72 valence electrons. The normalized spacial score (nSPS) is 28.2. The van der Waals surface area contributed by atoms with Crippen LogP contribution in [0.4, 0.5) is 0 Å². The van der Waals surface area contributed by atoms with Crippen molar-refractivity contribution in [2.24, 2.45) is 0 Å². The van der Waals surface area contributed by atoms with Crippen LogP contribution in [-0.4, -0.2) is 31.6 Å². The maximum Gasteiger partial charge on any atom is 0.203 e. The number of hydrogen-bond donors (Lipinski definition) is 1. The van der Waals surface area contributed by atoms with Crippen molar-refractivity contribution >= 4 is 0 Å². The predicted octanol–water partition coefficient (Wildman–Crippen LogP) is -0.137. The minimum Gasteiger partial charge on any atom is -0.368 e. The van der Waals surface area contributed by atoms with Gasteiger partial charge >= 0.3 is 0 Å². The van der Waals surface area contributed by atoms with E-state index >= 15 is 0 Å². The lowest BCUT2D eigenvalue weighted by Gasteiger charge is -2.04. The SMILES string of the molecule is CCn1nnc([C@@H]2CC[C@H](O)O2)n1. The predicted molar refractivity (Wildman–Crippen MR) is 42.6 cm³/mol. The number of rotatable bonds is 2. The second-order valence-corrected chi connectivity index (χ2v) is 2.99. The summed E-state index contributed by atoms with van der Waals surface area (Å²) >= 11 is 0. The molecule has 0 saturated carbocycles. The van der Waals surface area contributed by atoms with E-state index in [0.717, 1.165) is 6.42 Å². The highest BCUT2D eigenvalue weighted by atomic mass is 16.6. The fourth-order valence-electron chi connectivity index (χ4n) is 1.33. The molecule has 1 saturated heterocycles. The van der Waals surface area contributed by atoms with Crippen LogP contribution in [0.1, 0.15) is 31.7 Å². The van der Waals surface area contributed by atoms with E-state index in [2.05, 4.69) is 15.4 Å². The Morgan fingerprint density at radius 3 is 3.00 bits per heavy atom. The molecule has 2 atom stereocenters. The molecule has 6 nitrogen and oxygen atoms in total. The number of ether oxygens (including phenoxy) is 1. The summed E-state index contributed by atoms with van der Waals surface area (Å²) in [7, 11) is 0. The van der Waals surface area contributed by atoms with Crippen LogP contribution in [0.2, 0.25) is 0 Å². The number of aromatic nitrogens is 4. The third-order valence-corrected chi connectivity index (χ3v) is 2.04. The summed E-state index contributed by atoms with van der Waals surface area (Å²) in [5.41, 5.74) is 0. The van der Waals surface area contributed by atoms with Crippen LogP contribution < -0.4 is 0 Å². The van der Waals surface area contributed by atoms with Crippen LogP contribution in [0.15, 0.2) is 0 Å². The van der Waals surface area contributed by atoms with Crippen molar-refractivity contribution in [1.82, 2.24) is 20.2 Å². The van der Waals surface area contributed by atoms with Crippen LogP contribution in [0, 0.1) is 0 Å². The molecule has 2 heterocycles. The van der Waals surface area contributed by atoms with Gasteiger partial charge in [-0.05, 0) is 18.6 Å². The van der Waals surface area contributed by atoms with Crippen LogP contribution in [-0.2, 0) is 11.3 Å². The molecule has 0 bridgehead atoms. The van der Waals surface area contributed by atoms with Gasteiger partial charge in [-0.15, -0.1) is 10.2 Å². The molecule has 0 radical (unpaired) electrons. The first-order chi connectivity index (χ1) is 6.29. The first-order valence-electron chi connectivity index (χ1n) is 4.41. The van der Waals surface area contributed by atoms with Crippen LogP contribution >= 0.6 is 0 Å². The van der Waals surface area contributed by atoms with Gasteiger partial charge in [0, 0.05) is 6.42 Å². The van der Waals surface area contributed by atoms with E-state index in [1.165, 1.54) is 4.80 Å². The van der Waals surface area contributed by atoms with Gasteiger partial charge in [0.05, 0.1) is 6.54 Å². The molecule has 1 aromatic heterocycles. The van der Waals surface area contributed by atoms with Gasteiger partial charge in [-0.1, -0.05) is 0 Å². The van der Waals surface area contributed by atoms with E-state index in [4.69, 9.17) is 9.84 Å². The highest BCUT2D eigenvalue weighted by Gasteiger charge is 2.28. The minimum absolute atomic E-state index is 0.185. The molecule has 0 spiro atoms. The van der Waals surface area contributed by atoms with Gasteiger partial charge in [-0.2, -0.15) is 4.80 Å². The zero-order valence-corrected chi connectivity index (χ0v) is 7.42. The number of aliphatic hydroxyl groups is 1. The third-order valence-electron chi connectivity index (χ3n) is 2.04. The lowest BCUT2D eigenvalue weighted by atomic mass is 10.2. The Balaban J connectivity index is 2.08. The van der Waals surface area contributed by atoms with Gasteiger partial charge in [-0.3, -0.25) is 0 Å². The molecule has 1 aromatic rings. The molecule has 1 N–H and O–H groups in total. The van der Waals surface area contributed by atoms with E-state index in [0.29, 0.717) is 18.8 Å². The van der Waals surface area contributed by atoms with Crippen molar-refractivity contribution in [3.63, 3.8) is 0 Å². The molecule has 2 rings (SSSR count). The lowest BCUT2D eigenvalue weighted by Crippen LogP contribution is -2.06.